The molecule has 5 nitrogen and oxygen atoms in total. The van der Waals surface area contributed by atoms with E-state index < -0.39 is 8.25 Å². The highest BCUT2D eigenvalue weighted by Crippen LogP contribution is 2.12. The summed E-state index contributed by atoms with van der Waals surface area (Å²) in [5.41, 5.74) is 0. The van der Waals surface area contributed by atoms with Crippen LogP contribution < -0.4 is 0 Å². The van der Waals surface area contributed by atoms with Crippen LogP contribution in [0.2, 0.25) is 0 Å². The first kappa shape index (κ1) is 14.5. The van der Waals surface area contributed by atoms with E-state index in [0.717, 1.165) is 12.8 Å². The van der Waals surface area contributed by atoms with Crippen LogP contribution in [0.4, 0.5) is 0 Å². The monoisotopic (exact) mass is 199 g/mol. The van der Waals surface area contributed by atoms with Crippen LogP contribution in [-0.4, -0.2) is 34.9 Å². The van der Waals surface area contributed by atoms with Crippen LogP contribution in [0.15, 0.2) is 0 Å². The van der Waals surface area contributed by atoms with Crippen LogP contribution in [0.5, 0.6) is 0 Å². The lowest BCUT2D eigenvalue weighted by Gasteiger charge is -1.85. The zero-order valence-corrected chi connectivity index (χ0v) is 8.04. The number of unbranched alkanes of at least 4 members (excludes halogenated alkanes) is 1. The van der Waals surface area contributed by atoms with Crippen molar-refractivity contribution in [2.24, 2.45) is 0 Å². The Morgan fingerprint density at radius 3 is 1.75 bits per heavy atom. The number of aliphatic hydroxyl groups excluding tert-OH is 2. The molecule has 0 rings (SSSR count). The summed E-state index contributed by atoms with van der Waals surface area (Å²) in [5, 5.41) is 16.2. The Morgan fingerprint density at radius 2 is 1.67 bits per heavy atom. The van der Waals surface area contributed by atoms with Crippen molar-refractivity contribution in [3.05, 3.63) is 0 Å². The predicted molar refractivity (Wildman–Crippen MR) is 44.9 cm³/mol. The molecule has 0 aliphatic carbocycles. The summed E-state index contributed by atoms with van der Waals surface area (Å²) >= 11 is 0. The van der Waals surface area contributed by atoms with Crippen LogP contribution in [0.3, 0.4) is 0 Å². The number of rotatable bonds is 5. The summed E-state index contributed by atoms with van der Waals surface area (Å²) in [5.74, 6) is 0. The molecule has 74 valence electrons. The second-order valence-corrected chi connectivity index (χ2v) is 2.54. The minimum absolute atomic E-state index is 0.195. The lowest BCUT2D eigenvalue weighted by molar-refractivity contribution is 0.242. The third-order valence-corrected chi connectivity index (χ3v) is 1.28. The molecule has 0 spiro atoms. The van der Waals surface area contributed by atoms with Crippen molar-refractivity contribution >= 4 is 8.25 Å². The fourth-order valence-corrected chi connectivity index (χ4v) is 0.555. The van der Waals surface area contributed by atoms with E-state index in [4.69, 9.17) is 15.1 Å². The number of aliphatic hydroxyl groups is 2. The first-order valence-corrected chi connectivity index (χ1v) is 4.82. The van der Waals surface area contributed by atoms with Gasteiger partial charge in [0.25, 0.3) is 0 Å². The van der Waals surface area contributed by atoms with Crippen molar-refractivity contribution in [2.75, 3.05) is 19.8 Å². The first-order valence-electron chi connectivity index (χ1n) is 3.69. The topological polar surface area (TPSA) is 87.0 Å². The summed E-state index contributed by atoms with van der Waals surface area (Å²) < 4.78 is 13.6. The highest BCUT2D eigenvalue weighted by molar-refractivity contribution is 7.32. The molecule has 0 aliphatic heterocycles. The minimum Gasteiger partial charge on any atom is -0.396 e. The smallest absolute Gasteiger partial charge is 0.396 e. The van der Waals surface area contributed by atoms with Gasteiger partial charge in [0.15, 0.2) is 0 Å². The van der Waals surface area contributed by atoms with Crippen molar-refractivity contribution < 1.29 is 24.2 Å². The average Bonchev–Trinajstić information content (AvgIpc) is 2.02. The molecule has 0 bridgehead atoms. The molecular weight excluding hydrogens is 183 g/mol. The summed E-state index contributed by atoms with van der Waals surface area (Å²) in [6.45, 7) is 2.34. The molecule has 6 heteroatoms. The molecule has 1 atom stereocenters. The Kier molecular flexibility index (Phi) is 16.3. The Labute approximate surface area is 72.9 Å². The Bertz CT molecular complexity index is 93.9. The van der Waals surface area contributed by atoms with Gasteiger partial charge >= 0.3 is 8.25 Å². The van der Waals surface area contributed by atoms with Crippen molar-refractivity contribution in [1.29, 1.82) is 0 Å². The molecule has 0 heterocycles. The molecule has 0 saturated heterocycles. The predicted octanol–water partition coefficient (Wildman–Crippen LogP) is 0.424. The van der Waals surface area contributed by atoms with Gasteiger partial charge in [-0.15, -0.1) is 9.42 Å². The van der Waals surface area contributed by atoms with Gasteiger partial charge in [-0.1, -0.05) is 0 Å². The van der Waals surface area contributed by atoms with E-state index in [2.05, 4.69) is 4.52 Å². The van der Waals surface area contributed by atoms with Crippen LogP contribution in [0.1, 0.15) is 19.8 Å². The summed E-state index contributed by atoms with van der Waals surface area (Å²) in [7, 11) is -2.35. The minimum atomic E-state index is -2.35. The SMILES string of the molecule is CCO[P+](=O)O.OCCCCO. The normalized spacial score (nSPS) is 10.2. The Morgan fingerprint density at radius 1 is 1.25 bits per heavy atom. The van der Waals surface area contributed by atoms with Gasteiger partial charge in [-0.3, -0.25) is 0 Å². The van der Waals surface area contributed by atoms with Gasteiger partial charge in [0, 0.05) is 17.8 Å². The molecule has 0 aliphatic rings. The number of hydrogen-bond donors (Lipinski definition) is 3. The van der Waals surface area contributed by atoms with E-state index in [1.807, 2.05) is 0 Å². The Balaban J connectivity index is 0. The summed E-state index contributed by atoms with van der Waals surface area (Å²) in [4.78, 5) is 7.84. The molecule has 0 aromatic carbocycles. The average molecular weight is 199 g/mol. The quantitative estimate of drug-likeness (QED) is 0.441. The standard InChI is InChI=1S/C4H10O2.C2H5O3P/c5-3-1-2-4-6;1-2-5-6(3)4/h5-6H,1-4H2;2H2,1H3/p+1. The highest BCUT2D eigenvalue weighted by atomic mass is 31.1. The van der Waals surface area contributed by atoms with Gasteiger partial charge < -0.3 is 10.2 Å². The van der Waals surface area contributed by atoms with Crippen molar-refractivity contribution in [2.45, 2.75) is 19.8 Å². The van der Waals surface area contributed by atoms with Crippen molar-refractivity contribution in [3.63, 3.8) is 0 Å². The third kappa shape index (κ3) is 22.5. The van der Waals surface area contributed by atoms with E-state index in [9.17, 15) is 4.57 Å². The number of hydrogen-bond acceptors (Lipinski definition) is 4. The van der Waals surface area contributed by atoms with Crippen LogP contribution in [0.25, 0.3) is 0 Å². The summed E-state index contributed by atoms with van der Waals surface area (Å²) in [6, 6.07) is 0. The van der Waals surface area contributed by atoms with Gasteiger partial charge in [0.2, 0.25) is 0 Å². The van der Waals surface area contributed by atoms with E-state index >= 15 is 0 Å². The third-order valence-electron chi connectivity index (χ3n) is 0.806. The lowest BCUT2D eigenvalue weighted by atomic mass is 10.3. The fourth-order valence-electron chi connectivity index (χ4n) is 0.334. The van der Waals surface area contributed by atoms with Gasteiger partial charge in [-0.25, -0.2) is 0 Å². The van der Waals surface area contributed by atoms with Gasteiger partial charge in [-0.2, -0.15) is 0 Å². The second-order valence-electron chi connectivity index (χ2n) is 1.81. The molecule has 12 heavy (non-hydrogen) atoms. The van der Waals surface area contributed by atoms with E-state index in [1.165, 1.54) is 0 Å². The van der Waals surface area contributed by atoms with Crippen molar-refractivity contribution in [3.8, 4) is 0 Å². The lowest BCUT2D eigenvalue weighted by Crippen LogP contribution is -1.85. The van der Waals surface area contributed by atoms with Gasteiger partial charge in [0.05, 0.1) is 0 Å². The summed E-state index contributed by atoms with van der Waals surface area (Å²) in [6.07, 6.45) is 1.44. The molecule has 0 fully saturated rings. The Hall–Kier alpha value is -0.0600. The molecule has 3 N–H and O–H groups in total. The first-order chi connectivity index (χ1) is 5.68. The van der Waals surface area contributed by atoms with Crippen LogP contribution in [-0.2, 0) is 9.09 Å². The molecular formula is C6H16O5P+. The van der Waals surface area contributed by atoms with E-state index in [-0.39, 0.29) is 13.2 Å². The van der Waals surface area contributed by atoms with E-state index in [0.29, 0.717) is 6.61 Å². The maximum Gasteiger partial charge on any atom is 0.694 e. The van der Waals surface area contributed by atoms with E-state index in [1.54, 1.807) is 6.92 Å². The zero-order valence-electron chi connectivity index (χ0n) is 7.14. The van der Waals surface area contributed by atoms with Gasteiger partial charge in [-0.05, 0) is 19.8 Å². The van der Waals surface area contributed by atoms with Crippen LogP contribution >= 0.6 is 8.25 Å². The molecule has 0 radical (unpaired) electrons. The molecule has 0 amide bonds. The second kappa shape index (κ2) is 13.5. The maximum atomic E-state index is 9.53. The van der Waals surface area contributed by atoms with Crippen molar-refractivity contribution in [1.82, 2.24) is 0 Å². The van der Waals surface area contributed by atoms with Gasteiger partial charge in [0.1, 0.15) is 6.61 Å². The molecule has 1 unspecified atom stereocenters. The fraction of sp³-hybridized carbons (Fsp3) is 1.00. The molecule has 0 aromatic rings. The maximum absolute atomic E-state index is 9.53. The molecule has 0 saturated carbocycles. The molecule has 0 aromatic heterocycles. The zero-order chi connectivity index (χ0) is 9.82. The van der Waals surface area contributed by atoms with Crippen LogP contribution in [0, 0.1) is 0 Å². The highest BCUT2D eigenvalue weighted by Gasteiger charge is 2.06. The largest absolute Gasteiger partial charge is 0.694 e.